The van der Waals surface area contributed by atoms with Gasteiger partial charge in [-0.25, -0.2) is 0 Å². The zero-order valence-electron chi connectivity index (χ0n) is 12.2. The number of halogens is 3. The van der Waals surface area contributed by atoms with Crippen LogP contribution in [-0.2, 0) is 13.2 Å². The van der Waals surface area contributed by atoms with Crippen molar-refractivity contribution in [1.29, 1.82) is 0 Å². The second-order valence-corrected chi connectivity index (χ2v) is 6.06. The van der Waals surface area contributed by atoms with Crippen LogP contribution in [0.15, 0.2) is 36.7 Å². The molecule has 122 valence electrons. The van der Waals surface area contributed by atoms with Crippen LogP contribution in [0.1, 0.15) is 5.56 Å². The van der Waals surface area contributed by atoms with E-state index in [0.29, 0.717) is 21.4 Å². The average Bonchev–Trinajstić information content (AvgIpc) is 3.21. The summed E-state index contributed by atoms with van der Waals surface area (Å²) in [6.45, 7) is 0. The quantitative estimate of drug-likeness (QED) is 0.557. The molecule has 24 heavy (non-hydrogen) atoms. The Morgan fingerprint density at radius 2 is 1.96 bits per heavy atom. The molecule has 4 rings (SSSR count). The molecule has 3 heterocycles. The molecule has 0 fully saturated rings. The zero-order valence-corrected chi connectivity index (χ0v) is 13.0. The van der Waals surface area contributed by atoms with E-state index in [9.17, 15) is 13.2 Å². The Hall–Kier alpha value is -2.75. The van der Waals surface area contributed by atoms with Gasteiger partial charge in [-0.2, -0.15) is 27.9 Å². The summed E-state index contributed by atoms with van der Waals surface area (Å²) in [5, 5.41) is 17.0. The van der Waals surface area contributed by atoms with Crippen LogP contribution in [0.3, 0.4) is 0 Å². The summed E-state index contributed by atoms with van der Waals surface area (Å²) in [7, 11) is 1.77. The molecule has 0 aliphatic heterocycles. The van der Waals surface area contributed by atoms with Crippen molar-refractivity contribution in [2.24, 2.45) is 7.05 Å². The van der Waals surface area contributed by atoms with Crippen LogP contribution in [-0.4, -0.2) is 29.6 Å². The molecule has 0 saturated heterocycles. The van der Waals surface area contributed by atoms with E-state index >= 15 is 0 Å². The average molecular weight is 350 g/mol. The van der Waals surface area contributed by atoms with Gasteiger partial charge in [-0.05, 0) is 12.1 Å². The van der Waals surface area contributed by atoms with Gasteiger partial charge < -0.3 is 0 Å². The molecule has 0 unspecified atom stereocenters. The molecular weight excluding hydrogens is 341 g/mol. The number of nitrogens with zero attached hydrogens (tertiary/aromatic N) is 6. The van der Waals surface area contributed by atoms with Gasteiger partial charge in [0.1, 0.15) is 5.01 Å². The van der Waals surface area contributed by atoms with Crippen molar-refractivity contribution in [2.75, 3.05) is 0 Å². The Kier molecular flexibility index (Phi) is 3.17. The van der Waals surface area contributed by atoms with E-state index < -0.39 is 11.7 Å². The number of aryl methyl sites for hydroxylation is 1. The first-order chi connectivity index (χ1) is 11.4. The lowest BCUT2D eigenvalue weighted by atomic mass is 10.1. The standard InChI is InChI=1S/C14H9F3N6S/c1-22-7-9(6-18-22)11-19-20-13-23(11)21-12(24-13)8-3-2-4-10(5-8)14(15,16)17/h2-7H,1H3. The van der Waals surface area contributed by atoms with Crippen molar-refractivity contribution in [3.05, 3.63) is 42.2 Å². The highest BCUT2D eigenvalue weighted by atomic mass is 32.1. The monoisotopic (exact) mass is 350 g/mol. The van der Waals surface area contributed by atoms with Crippen LogP contribution in [0, 0.1) is 0 Å². The van der Waals surface area contributed by atoms with Gasteiger partial charge in [0, 0.05) is 18.8 Å². The second-order valence-electron chi connectivity index (χ2n) is 5.11. The summed E-state index contributed by atoms with van der Waals surface area (Å²) in [5.41, 5.74) is 0.404. The van der Waals surface area contributed by atoms with E-state index in [1.165, 1.54) is 21.9 Å². The van der Waals surface area contributed by atoms with E-state index in [4.69, 9.17) is 0 Å². The first kappa shape index (κ1) is 14.8. The molecule has 0 atom stereocenters. The van der Waals surface area contributed by atoms with Crippen molar-refractivity contribution in [3.8, 4) is 22.0 Å². The summed E-state index contributed by atoms with van der Waals surface area (Å²) in [6, 6.07) is 5.06. The van der Waals surface area contributed by atoms with E-state index in [2.05, 4.69) is 20.4 Å². The SMILES string of the molecule is Cn1cc(-c2nnc3sc(-c4cccc(C(F)(F)F)c4)nn23)cn1. The first-order valence-corrected chi connectivity index (χ1v) is 7.62. The van der Waals surface area contributed by atoms with Gasteiger partial charge >= 0.3 is 6.18 Å². The molecule has 1 aromatic carbocycles. The minimum Gasteiger partial charge on any atom is -0.275 e. The Balaban J connectivity index is 1.81. The maximum Gasteiger partial charge on any atom is 0.416 e. The van der Waals surface area contributed by atoms with Gasteiger partial charge in [0.15, 0.2) is 5.82 Å². The number of rotatable bonds is 2. The molecule has 0 aliphatic carbocycles. The Labute approximate surface area is 137 Å². The molecule has 0 N–H and O–H groups in total. The maximum atomic E-state index is 12.9. The van der Waals surface area contributed by atoms with Crippen molar-refractivity contribution in [2.45, 2.75) is 6.18 Å². The molecule has 0 amide bonds. The van der Waals surface area contributed by atoms with Crippen LogP contribution in [0.4, 0.5) is 13.2 Å². The molecule has 0 aliphatic rings. The van der Waals surface area contributed by atoms with E-state index in [0.717, 1.165) is 17.7 Å². The molecule has 4 aromatic rings. The van der Waals surface area contributed by atoms with Gasteiger partial charge in [-0.1, -0.05) is 23.5 Å². The van der Waals surface area contributed by atoms with E-state index in [1.54, 1.807) is 30.2 Å². The Bertz CT molecular complexity index is 1030. The Morgan fingerprint density at radius 1 is 1.12 bits per heavy atom. The molecule has 0 radical (unpaired) electrons. The Morgan fingerprint density at radius 3 is 2.67 bits per heavy atom. The molecule has 10 heteroatoms. The molecule has 0 saturated carbocycles. The fourth-order valence-electron chi connectivity index (χ4n) is 2.28. The van der Waals surface area contributed by atoms with Crippen molar-refractivity contribution in [3.63, 3.8) is 0 Å². The number of fused-ring (bicyclic) bond motifs is 1. The fourth-order valence-corrected chi connectivity index (χ4v) is 3.11. The van der Waals surface area contributed by atoms with Gasteiger partial charge in [0.2, 0.25) is 4.96 Å². The lowest BCUT2D eigenvalue weighted by Gasteiger charge is -2.06. The van der Waals surface area contributed by atoms with Crippen LogP contribution in [0.25, 0.3) is 26.9 Å². The van der Waals surface area contributed by atoms with Crippen LogP contribution >= 0.6 is 11.3 Å². The lowest BCUT2D eigenvalue weighted by Crippen LogP contribution is -2.04. The first-order valence-electron chi connectivity index (χ1n) is 6.81. The fraction of sp³-hybridized carbons (Fsp3) is 0.143. The van der Waals surface area contributed by atoms with Crippen LogP contribution in [0.5, 0.6) is 0 Å². The third-order valence-electron chi connectivity index (χ3n) is 3.39. The molecular formula is C14H9F3N6S. The smallest absolute Gasteiger partial charge is 0.275 e. The largest absolute Gasteiger partial charge is 0.416 e. The normalized spacial score (nSPS) is 12.2. The molecule has 6 nitrogen and oxygen atoms in total. The summed E-state index contributed by atoms with van der Waals surface area (Å²) in [4.78, 5) is 0.501. The number of hydrogen-bond donors (Lipinski definition) is 0. The lowest BCUT2D eigenvalue weighted by molar-refractivity contribution is -0.137. The molecule has 3 aromatic heterocycles. The van der Waals surface area contributed by atoms with Crippen LogP contribution in [0.2, 0.25) is 0 Å². The summed E-state index contributed by atoms with van der Waals surface area (Å²) in [6.07, 6.45) is -1.00. The topological polar surface area (TPSA) is 60.9 Å². The third kappa shape index (κ3) is 2.44. The van der Waals surface area contributed by atoms with E-state index in [-0.39, 0.29) is 0 Å². The molecule has 0 bridgehead atoms. The van der Waals surface area contributed by atoms with Crippen molar-refractivity contribution >= 4 is 16.3 Å². The minimum absolute atomic E-state index is 0.387. The number of alkyl halides is 3. The highest BCUT2D eigenvalue weighted by Gasteiger charge is 2.30. The number of benzene rings is 1. The van der Waals surface area contributed by atoms with Crippen molar-refractivity contribution in [1.82, 2.24) is 29.6 Å². The predicted octanol–water partition coefficient (Wildman–Crippen LogP) is 3.27. The third-order valence-corrected chi connectivity index (χ3v) is 4.34. The number of hydrogen-bond acceptors (Lipinski definition) is 5. The van der Waals surface area contributed by atoms with Gasteiger partial charge in [0.25, 0.3) is 0 Å². The van der Waals surface area contributed by atoms with Crippen LogP contribution < -0.4 is 0 Å². The van der Waals surface area contributed by atoms with E-state index in [1.807, 2.05) is 0 Å². The summed E-state index contributed by atoms with van der Waals surface area (Å²) in [5.74, 6) is 0.493. The second kappa shape index (κ2) is 5.13. The zero-order chi connectivity index (χ0) is 16.9. The maximum absolute atomic E-state index is 12.9. The minimum atomic E-state index is -4.39. The van der Waals surface area contributed by atoms with Gasteiger partial charge in [-0.3, -0.25) is 4.68 Å². The van der Waals surface area contributed by atoms with Crippen molar-refractivity contribution < 1.29 is 13.2 Å². The number of aromatic nitrogens is 6. The summed E-state index contributed by atoms with van der Waals surface area (Å²) < 4.78 is 41.7. The van der Waals surface area contributed by atoms with Gasteiger partial charge in [0.05, 0.1) is 17.3 Å². The highest BCUT2D eigenvalue weighted by molar-refractivity contribution is 7.19. The molecule has 0 spiro atoms. The predicted molar refractivity (Wildman–Crippen MR) is 81.3 cm³/mol. The highest BCUT2D eigenvalue weighted by Crippen LogP contribution is 2.33. The summed E-state index contributed by atoms with van der Waals surface area (Å²) >= 11 is 1.18. The van der Waals surface area contributed by atoms with Gasteiger partial charge in [-0.15, -0.1) is 10.2 Å².